The first-order valence-electron chi connectivity index (χ1n) is 7.42. The number of H-pyrrole nitrogens is 1. The maximum absolute atomic E-state index is 5.20. The fraction of sp³-hybridized carbons (Fsp3) is 0.438. The van der Waals surface area contributed by atoms with Gasteiger partial charge < -0.3 is 15.6 Å². The Kier molecular flexibility index (Phi) is 3.92. The molecule has 3 nitrogen and oxygen atoms in total. The van der Waals surface area contributed by atoms with E-state index in [9.17, 15) is 0 Å². The first-order chi connectivity index (χ1) is 9.78. The van der Waals surface area contributed by atoms with Crippen molar-refractivity contribution >= 4 is 28.2 Å². The van der Waals surface area contributed by atoms with Gasteiger partial charge in [0.05, 0.1) is 0 Å². The van der Waals surface area contributed by atoms with Crippen LogP contribution < -0.4 is 10.6 Å². The third-order valence-electron chi connectivity index (χ3n) is 3.95. The summed E-state index contributed by atoms with van der Waals surface area (Å²) in [5, 5.41) is 8.48. The van der Waals surface area contributed by atoms with Crippen molar-refractivity contribution in [1.82, 2.24) is 15.6 Å². The van der Waals surface area contributed by atoms with E-state index >= 15 is 0 Å². The van der Waals surface area contributed by atoms with Crippen LogP contribution in [0.2, 0.25) is 0 Å². The highest BCUT2D eigenvalue weighted by Crippen LogP contribution is 2.29. The lowest BCUT2D eigenvalue weighted by atomic mass is 9.95. The average molecular weight is 287 g/mol. The lowest BCUT2D eigenvalue weighted by Crippen LogP contribution is -2.34. The molecule has 0 aliphatic heterocycles. The van der Waals surface area contributed by atoms with Crippen LogP contribution in [0.4, 0.5) is 0 Å². The second-order valence-electron chi connectivity index (χ2n) is 5.38. The van der Waals surface area contributed by atoms with Gasteiger partial charge >= 0.3 is 0 Å². The molecule has 1 heterocycles. The highest BCUT2D eigenvalue weighted by atomic mass is 32.1. The molecule has 0 amide bonds. The quantitative estimate of drug-likeness (QED) is 0.760. The van der Waals surface area contributed by atoms with Crippen LogP contribution in [0.5, 0.6) is 0 Å². The van der Waals surface area contributed by atoms with E-state index in [0.717, 1.165) is 18.2 Å². The minimum absolute atomic E-state index is 0.726. The molecule has 1 aliphatic carbocycles. The summed E-state index contributed by atoms with van der Waals surface area (Å²) < 4.78 is 0. The zero-order chi connectivity index (χ0) is 13.9. The van der Waals surface area contributed by atoms with Crippen LogP contribution in [-0.4, -0.2) is 16.6 Å². The van der Waals surface area contributed by atoms with Gasteiger partial charge in [0.1, 0.15) is 0 Å². The highest BCUT2D eigenvalue weighted by molar-refractivity contribution is 7.80. The van der Waals surface area contributed by atoms with Crippen LogP contribution in [0.25, 0.3) is 10.9 Å². The molecule has 0 unspecified atom stereocenters. The van der Waals surface area contributed by atoms with Gasteiger partial charge in [-0.25, -0.2) is 0 Å². The first-order valence-corrected chi connectivity index (χ1v) is 7.83. The molecule has 0 radical (unpaired) electrons. The van der Waals surface area contributed by atoms with Crippen LogP contribution in [-0.2, 0) is 19.4 Å². The lowest BCUT2D eigenvalue weighted by molar-refractivity contribution is 0.680. The number of benzene rings is 1. The lowest BCUT2D eigenvalue weighted by Gasteiger charge is -2.11. The predicted molar refractivity (Wildman–Crippen MR) is 88.1 cm³/mol. The van der Waals surface area contributed by atoms with E-state index in [0.29, 0.717) is 0 Å². The number of hydrogen-bond acceptors (Lipinski definition) is 1. The summed E-state index contributed by atoms with van der Waals surface area (Å²) in [5.41, 5.74) is 5.53. The number of aromatic nitrogens is 1. The maximum atomic E-state index is 5.20. The Morgan fingerprint density at radius 1 is 1.25 bits per heavy atom. The van der Waals surface area contributed by atoms with Crippen molar-refractivity contribution in [3.05, 3.63) is 35.0 Å². The molecule has 3 rings (SSSR count). The van der Waals surface area contributed by atoms with E-state index < -0.39 is 0 Å². The van der Waals surface area contributed by atoms with Crippen molar-refractivity contribution < 1.29 is 0 Å². The topological polar surface area (TPSA) is 39.8 Å². The molecule has 0 spiro atoms. The largest absolute Gasteiger partial charge is 0.363 e. The van der Waals surface area contributed by atoms with E-state index in [4.69, 9.17) is 12.2 Å². The summed E-state index contributed by atoms with van der Waals surface area (Å²) in [5.74, 6) is 0. The summed E-state index contributed by atoms with van der Waals surface area (Å²) in [6, 6.07) is 6.67. The van der Waals surface area contributed by atoms with E-state index in [1.165, 1.54) is 53.4 Å². The van der Waals surface area contributed by atoms with Crippen LogP contribution in [0, 0.1) is 0 Å². The van der Waals surface area contributed by atoms with Gasteiger partial charge in [0.2, 0.25) is 0 Å². The number of nitrogens with one attached hydrogen (secondary N) is 3. The number of hydrogen-bond donors (Lipinski definition) is 3. The number of rotatable bonds is 3. The standard InChI is InChI=1S/C16H21N3S/c1-2-17-16(20)18-10-11-7-8-15-13(9-11)12-5-3-4-6-14(12)19-15/h7-9,19H,2-6,10H2,1H3,(H2,17,18,20). The highest BCUT2D eigenvalue weighted by Gasteiger charge is 2.15. The molecule has 0 fully saturated rings. The number of aromatic amines is 1. The van der Waals surface area contributed by atoms with Gasteiger partial charge in [-0.2, -0.15) is 0 Å². The summed E-state index contributed by atoms with van der Waals surface area (Å²) in [7, 11) is 0. The Hall–Kier alpha value is -1.55. The Labute approximate surface area is 125 Å². The van der Waals surface area contributed by atoms with E-state index in [1.807, 2.05) is 6.92 Å². The molecule has 0 saturated heterocycles. The molecular weight excluding hydrogens is 266 g/mol. The molecule has 0 saturated carbocycles. The van der Waals surface area contributed by atoms with Gasteiger partial charge in [-0.15, -0.1) is 0 Å². The third-order valence-corrected chi connectivity index (χ3v) is 4.24. The molecule has 1 aromatic carbocycles. The van der Waals surface area contributed by atoms with Crippen LogP contribution >= 0.6 is 12.2 Å². The van der Waals surface area contributed by atoms with Gasteiger partial charge in [0.25, 0.3) is 0 Å². The van der Waals surface area contributed by atoms with E-state index in [1.54, 1.807) is 0 Å². The molecule has 0 atom stereocenters. The molecule has 0 bridgehead atoms. The maximum Gasteiger partial charge on any atom is 0.166 e. The molecule has 3 N–H and O–H groups in total. The van der Waals surface area contributed by atoms with Crippen molar-refractivity contribution in [3.63, 3.8) is 0 Å². The minimum Gasteiger partial charge on any atom is -0.363 e. The zero-order valence-corrected chi connectivity index (χ0v) is 12.7. The Morgan fingerprint density at radius 3 is 2.95 bits per heavy atom. The Morgan fingerprint density at radius 2 is 2.10 bits per heavy atom. The minimum atomic E-state index is 0.726. The molecule has 1 aliphatic rings. The predicted octanol–water partition coefficient (Wildman–Crippen LogP) is 3.03. The van der Waals surface area contributed by atoms with Gasteiger partial charge in [-0.05, 0) is 68.1 Å². The normalized spacial score (nSPS) is 14.1. The van der Waals surface area contributed by atoms with E-state index in [-0.39, 0.29) is 0 Å². The number of fused-ring (bicyclic) bond motifs is 3. The monoisotopic (exact) mass is 287 g/mol. The fourth-order valence-electron chi connectivity index (χ4n) is 2.97. The van der Waals surface area contributed by atoms with Crippen LogP contribution in [0.15, 0.2) is 18.2 Å². The zero-order valence-electron chi connectivity index (χ0n) is 11.9. The van der Waals surface area contributed by atoms with Crippen molar-refractivity contribution in [2.24, 2.45) is 0 Å². The van der Waals surface area contributed by atoms with Gasteiger partial charge in [-0.1, -0.05) is 6.07 Å². The number of aryl methyl sites for hydroxylation is 2. The van der Waals surface area contributed by atoms with Crippen molar-refractivity contribution in [1.29, 1.82) is 0 Å². The van der Waals surface area contributed by atoms with Crippen molar-refractivity contribution in [2.45, 2.75) is 39.2 Å². The SMILES string of the molecule is CCNC(=S)NCc1ccc2[nH]c3c(c2c1)CCCC3. The summed E-state index contributed by atoms with van der Waals surface area (Å²) in [4.78, 5) is 3.57. The molecular formula is C16H21N3S. The van der Waals surface area contributed by atoms with Gasteiger partial charge in [-0.3, -0.25) is 0 Å². The van der Waals surface area contributed by atoms with Crippen molar-refractivity contribution in [2.75, 3.05) is 6.54 Å². The summed E-state index contributed by atoms with van der Waals surface area (Å²) >= 11 is 5.20. The average Bonchev–Trinajstić information content (AvgIpc) is 2.83. The Bertz CT molecular complexity index is 630. The second-order valence-corrected chi connectivity index (χ2v) is 5.79. The third kappa shape index (κ3) is 2.66. The van der Waals surface area contributed by atoms with Gasteiger partial charge in [0, 0.05) is 29.7 Å². The Balaban J connectivity index is 1.81. The second kappa shape index (κ2) is 5.83. The van der Waals surface area contributed by atoms with Crippen LogP contribution in [0.3, 0.4) is 0 Å². The molecule has 20 heavy (non-hydrogen) atoms. The van der Waals surface area contributed by atoms with Crippen LogP contribution in [0.1, 0.15) is 36.6 Å². The smallest absolute Gasteiger partial charge is 0.166 e. The first kappa shape index (κ1) is 13.4. The molecule has 4 heteroatoms. The molecule has 106 valence electrons. The molecule has 1 aromatic heterocycles. The molecule has 2 aromatic rings. The number of thiocarbonyl (C=S) groups is 1. The van der Waals surface area contributed by atoms with Crippen molar-refractivity contribution in [3.8, 4) is 0 Å². The summed E-state index contributed by atoms with van der Waals surface area (Å²) in [6.45, 7) is 3.68. The summed E-state index contributed by atoms with van der Waals surface area (Å²) in [6.07, 6.45) is 5.03. The van der Waals surface area contributed by atoms with Gasteiger partial charge in [0.15, 0.2) is 5.11 Å². The fourth-order valence-corrected chi connectivity index (χ4v) is 3.19. The van der Waals surface area contributed by atoms with E-state index in [2.05, 4.69) is 33.8 Å².